The van der Waals surface area contributed by atoms with Crippen LogP contribution in [-0.2, 0) is 19.1 Å². The summed E-state index contributed by atoms with van der Waals surface area (Å²) in [6.45, 7) is 3.85. The zero-order valence-corrected chi connectivity index (χ0v) is 17.0. The molecule has 150 valence electrons. The Morgan fingerprint density at radius 3 is 2.17 bits per heavy atom. The third kappa shape index (κ3) is 3.40. The summed E-state index contributed by atoms with van der Waals surface area (Å²) in [7, 11) is 0. The van der Waals surface area contributed by atoms with E-state index in [9.17, 15) is 14.4 Å². The molecule has 2 heterocycles. The molecule has 0 aliphatic carbocycles. The molecule has 0 spiro atoms. The highest BCUT2D eigenvalue weighted by Gasteiger charge is 2.64. The molecule has 1 N–H and O–H groups in total. The number of thioether (sulfide) groups is 1. The van der Waals surface area contributed by atoms with Crippen LogP contribution in [0.15, 0.2) is 60.7 Å². The summed E-state index contributed by atoms with van der Waals surface area (Å²) in [4.78, 5) is 38.2. The summed E-state index contributed by atoms with van der Waals surface area (Å²) >= 11 is 1.51. The Bertz CT molecular complexity index is 879. The number of amides is 2. The van der Waals surface area contributed by atoms with E-state index < -0.39 is 28.9 Å². The van der Waals surface area contributed by atoms with Gasteiger partial charge in [-0.1, -0.05) is 60.7 Å². The summed E-state index contributed by atoms with van der Waals surface area (Å²) in [5.41, 5.74) is 1.73. The van der Waals surface area contributed by atoms with Crippen molar-refractivity contribution < 1.29 is 19.1 Å². The van der Waals surface area contributed by atoms with Crippen molar-refractivity contribution >= 4 is 30.0 Å². The molecule has 0 bridgehead atoms. The summed E-state index contributed by atoms with van der Waals surface area (Å²) in [5, 5.41) is 2.29. The fraction of sp³-hybridized carbons (Fsp3) is 0.318. The van der Waals surface area contributed by atoms with Crippen LogP contribution in [0.1, 0.15) is 31.1 Å². The van der Waals surface area contributed by atoms with Crippen molar-refractivity contribution in [2.24, 2.45) is 0 Å². The minimum absolute atomic E-state index is 0.252. The second-order valence-electron chi connectivity index (χ2n) is 7.66. The van der Waals surface area contributed by atoms with E-state index in [0.29, 0.717) is 6.41 Å². The molecule has 2 aliphatic heterocycles. The van der Waals surface area contributed by atoms with Crippen LogP contribution in [0.25, 0.3) is 0 Å². The number of β-lactam (4-membered cyclic amide) rings is 1. The van der Waals surface area contributed by atoms with Gasteiger partial charge >= 0.3 is 5.97 Å². The monoisotopic (exact) mass is 410 g/mol. The Hall–Kier alpha value is -2.80. The molecule has 2 fully saturated rings. The van der Waals surface area contributed by atoms with Crippen LogP contribution in [0.3, 0.4) is 0 Å². The highest BCUT2D eigenvalue weighted by molar-refractivity contribution is 8.01. The van der Waals surface area contributed by atoms with E-state index in [2.05, 4.69) is 5.32 Å². The largest absolute Gasteiger partial charge is 0.451 e. The number of nitrogens with one attached hydrogen (secondary N) is 1. The number of hydrogen-bond donors (Lipinski definition) is 1. The number of carbonyl (C=O) groups is 3. The van der Waals surface area contributed by atoms with E-state index in [-0.39, 0.29) is 11.3 Å². The van der Waals surface area contributed by atoms with Gasteiger partial charge in [-0.2, -0.15) is 0 Å². The number of nitrogens with zero attached hydrogens (tertiary/aromatic N) is 1. The second kappa shape index (κ2) is 7.55. The molecule has 2 aromatic carbocycles. The highest BCUT2D eigenvalue weighted by Crippen LogP contribution is 2.51. The zero-order chi connectivity index (χ0) is 20.6. The lowest BCUT2D eigenvalue weighted by Crippen LogP contribution is -2.69. The number of fused-ring (bicyclic) bond motifs is 1. The van der Waals surface area contributed by atoms with Crippen LogP contribution < -0.4 is 5.32 Å². The van der Waals surface area contributed by atoms with Gasteiger partial charge in [0, 0.05) is 4.75 Å². The van der Waals surface area contributed by atoms with E-state index in [1.165, 1.54) is 11.8 Å². The molecule has 4 rings (SSSR count). The predicted molar refractivity (Wildman–Crippen MR) is 110 cm³/mol. The third-order valence-corrected chi connectivity index (χ3v) is 6.92. The SMILES string of the molecule is CC1(C)S[C@@H]2[C@H](NC=O)C(=O)N2[C@H]1C(=O)OC(c1ccccc1)c1ccccc1. The van der Waals surface area contributed by atoms with Crippen LogP contribution in [0, 0.1) is 0 Å². The Morgan fingerprint density at radius 1 is 1.10 bits per heavy atom. The molecular formula is C22H22N2O4S. The zero-order valence-electron chi connectivity index (χ0n) is 16.1. The van der Waals surface area contributed by atoms with Crippen molar-refractivity contribution in [1.82, 2.24) is 10.2 Å². The van der Waals surface area contributed by atoms with E-state index in [4.69, 9.17) is 4.74 Å². The van der Waals surface area contributed by atoms with Crippen LogP contribution in [0.5, 0.6) is 0 Å². The number of ether oxygens (including phenoxy) is 1. The predicted octanol–water partition coefficient (Wildman–Crippen LogP) is 2.50. The van der Waals surface area contributed by atoms with Gasteiger partial charge in [-0.05, 0) is 25.0 Å². The fourth-order valence-electron chi connectivity index (χ4n) is 3.99. The van der Waals surface area contributed by atoms with Gasteiger partial charge in [0.25, 0.3) is 0 Å². The number of rotatable bonds is 6. The fourth-order valence-corrected chi connectivity index (χ4v) is 5.62. The van der Waals surface area contributed by atoms with Crippen molar-refractivity contribution in [2.75, 3.05) is 0 Å². The number of benzene rings is 2. The van der Waals surface area contributed by atoms with E-state index in [1.54, 1.807) is 4.90 Å². The molecule has 3 atom stereocenters. The van der Waals surface area contributed by atoms with Gasteiger partial charge in [0.15, 0.2) is 6.10 Å². The molecule has 0 unspecified atom stereocenters. The van der Waals surface area contributed by atoms with Crippen LogP contribution in [0.2, 0.25) is 0 Å². The summed E-state index contributed by atoms with van der Waals surface area (Å²) in [6, 6.07) is 17.8. The molecule has 6 nitrogen and oxygen atoms in total. The normalized spacial score (nSPS) is 24.6. The lowest BCUT2D eigenvalue weighted by Gasteiger charge is -2.43. The van der Waals surface area contributed by atoms with E-state index in [0.717, 1.165) is 11.1 Å². The van der Waals surface area contributed by atoms with Crippen molar-refractivity contribution in [3.05, 3.63) is 71.8 Å². The van der Waals surface area contributed by atoms with Gasteiger partial charge < -0.3 is 15.0 Å². The lowest BCUT2D eigenvalue weighted by molar-refractivity contribution is -0.166. The molecule has 2 aromatic rings. The smallest absolute Gasteiger partial charge is 0.331 e. The Kier molecular flexibility index (Phi) is 5.08. The van der Waals surface area contributed by atoms with Crippen molar-refractivity contribution in [1.29, 1.82) is 0 Å². The van der Waals surface area contributed by atoms with Gasteiger partial charge in [-0.3, -0.25) is 9.59 Å². The molecule has 2 amide bonds. The number of carbonyl (C=O) groups excluding carboxylic acids is 3. The second-order valence-corrected chi connectivity index (χ2v) is 9.43. The number of hydrogen-bond acceptors (Lipinski definition) is 5. The van der Waals surface area contributed by atoms with Gasteiger partial charge in [0.05, 0.1) is 0 Å². The van der Waals surface area contributed by atoms with Crippen molar-refractivity contribution in [3.63, 3.8) is 0 Å². The topological polar surface area (TPSA) is 75.7 Å². The standard InChI is InChI=1S/C22H22N2O4S/c1-22(2)18(24-19(26)16(23-13-25)20(24)29-22)21(27)28-17(14-9-5-3-6-10-14)15-11-7-4-8-12-15/h3-13,16-18,20H,1-2H3,(H,23,25)/t16-,18+,20-/m1/s1. The van der Waals surface area contributed by atoms with Gasteiger partial charge in [0.1, 0.15) is 17.5 Å². The first-order chi connectivity index (χ1) is 13.9. The maximum absolute atomic E-state index is 13.3. The quantitative estimate of drug-likeness (QED) is 0.450. The molecule has 0 radical (unpaired) electrons. The van der Waals surface area contributed by atoms with Crippen LogP contribution >= 0.6 is 11.8 Å². The number of esters is 1. The molecule has 29 heavy (non-hydrogen) atoms. The Balaban J connectivity index is 1.61. The van der Waals surface area contributed by atoms with Crippen LogP contribution in [-0.4, -0.2) is 45.4 Å². The molecule has 0 aromatic heterocycles. The Morgan fingerprint density at radius 2 is 1.66 bits per heavy atom. The minimum atomic E-state index is -0.718. The average Bonchev–Trinajstić information content (AvgIpc) is 2.99. The third-order valence-electron chi connectivity index (χ3n) is 5.35. The molecule has 2 saturated heterocycles. The molecule has 0 saturated carbocycles. The van der Waals surface area contributed by atoms with Crippen molar-refractivity contribution in [2.45, 2.75) is 42.2 Å². The minimum Gasteiger partial charge on any atom is -0.451 e. The Labute approximate surface area is 173 Å². The van der Waals surface area contributed by atoms with E-state index in [1.807, 2.05) is 74.5 Å². The molecular weight excluding hydrogens is 388 g/mol. The van der Waals surface area contributed by atoms with Gasteiger partial charge in [-0.25, -0.2) is 4.79 Å². The first-order valence-corrected chi connectivity index (χ1v) is 10.3. The first kappa shape index (κ1) is 19.5. The first-order valence-electron chi connectivity index (χ1n) is 9.44. The molecule has 7 heteroatoms. The maximum Gasteiger partial charge on any atom is 0.331 e. The molecule has 2 aliphatic rings. The van der Waals surface area contributed by atoms with E-state index >= 15 is 0 Å². The van der Waals surface area contributed by atoms with Gasteiger partial charge in [0.2, 0.25) is 12.3 Å². The van der Waals surface area contributed by atoms with Crippen molar-refractivity contribution in [3.8, 4) is 0 Å². The maximum atomic E-state index is 13.3. The van der Waals surface area contributed by atoms with Crippen LogP contribution in [0.4, 0.5) is 0 Å². The summed E-state index contributed by atoms with van der Waals surface area (Å²) in [6.07, 6.45) is -0.0371. The summed E-state index contributed by atoms with van der Waals surface area (Å²) in [5.74, 6) is -0.696. The highest BCUT2D eigenvalue weighted by atomic mass is 32.2. The van der Waals surface area contributed by atoms with Gasteiger partial charge in [-0.15, -0.1) is 11.8 Å². The summed E-state index contributed by atoms with van der Waals surface area (Å²) < 4.78 is 5.47. The average molecular weight is 410 g/mol. The lowest BCUT2D eigenvalue weighted by atomic mass is 9.95.